The van der Waals surface area contributed by atoms with E-state index >= 15 is 0 Å². The Balaban J connectivity index is 1.51. The first-order valence-corrected chi connectivity index (χ1v) is 9.21. The highest BCUT2D eigenvalue weighted by Gasteiger charge is 2.19. The number of halogens is 2. The molecule has 0 radical (unpaired) electrons. The van der Waals surface area contributed by atoms with Crippen LogP contribution in [0.3, 0.4) is 0 Å². The minimum absolute atomic E-state index is 0.659. The van der Waals surface area contributed by atoms with Crippen molar-refractivity contribution in [2.24, 2.45) is 0 Å². The molecule has 4 nitrogen and oxygen atoms in total. The summed E-state index contributed by atoms with van der Waals surface area (Å²) in [5.74, 6) is 0.748. The van der Waals surface area contributed by atoms with Gasteiger partial charge in [-0.15, -0.1) is 0 Å². The lowest BCUT2D eigenvalue weighted by Crippen LogP contribution is -2.31. The second-order valence-electron chi connectivity index (χ2n) is 6.48. The molecule has 0 aliphatic carbocycles. The molecule has 0 saturated heterocycles. The summed E-state index contributed by atoms with van der Waals surface area (Å²) < 4.78 is 0. The van der Waals surface area contributed by atoms with Crippen LogP contribution in [0.2, 0.25) is 10.0 Å². The van der Waals surface area contributed by atoms with Crippen LogP contribution in [-0.4, -0.2) is 21.4 Å². The molecule has 0 amide bonds. The van der Waals surface area contributed by atoms with Crippen molar-refractivity contribution in [3.63, 3.8) is 0 Å². The van der Waals surface area contributed by atoms with E-state index in [1.165, 1.54) is 5.56 Å². The number of aromatic nitrogens is 2. The fourth-order valence-electron chi connectivity index (χ4n) is 3.17. The topological polar surface area (TPSA) is 55.0 Å². The van der Waals surface area contributed by atoms with E-state index in [1.807, 2.05) is 42.6 Å². The zero-order valence-corrected chi connectivity index (χ0v) is 15.6. The van der Waals surface area contributed by atoms with Crippen molar-refractivity contribution in [3.8, 4) is 11.4 Å². The maximum atomic E-state index is 6.30. The summed E-state index contributed by atoms with van der Waals surface area (Å²) in [6, 6.07) is 13.3. The molecular weight excluding hydrogens is 367 g/mol. The second-order valence-corrected chi connectivity index (χ2v) is 7.33. The molecule has 0 atom stereocenters. The van der Waals surface area contributed by atoms with Crippen LogP contribution in [0.5, 0.6) is 0 Å². The average Bonchev–Trinajstić information content (AvgIpc) is 2.64. The maximum Gasteiger partial charge on any atom is 0.159 e. The number of hydrogen-bond acceptors (Lipinski definition) is 4. The van der Waals surface area contributed by atoms with Crippen LogP contribution in [0.4, 0.5) is 5.69 Å². The van der Waals surface area contributed by atoms with E-state index in [0.29, 0.717) is 10.0 Å². The summed E-state index contributed by atoms with van der Waals surface area (Å²) in [6.45, 7) is 2.54. The molecule has 0 bridgehead atoms. The number of rotatable bonds is 3. The third-order valence-electron chi connectivity index (χ3n) is 4.59. The molecule has 0 unspecified atom stereocenters. The maximum absolute atomic E-state index is 6.30. The first kappa shape index (κ1) is 17.3. The Morgan fingerprint density at radius 2 is 1.88 bits per heavy atom. The van der Waals surface area contributed by atoms with Crippen molar-refractivity contribution in [3.05, 3.63) is 75.5 Å². The minimum atomic E-state index is 0.659. The third-order valence-corrected chi connectivity index (χ3v) is 5.18. The smallest absolute Gasteiger partial charge is 0.159 e. The fourth-order valence-corrected chi connectivity index (χ4v) is 3.64. The number of nitrogen functional groups attached to an aromatic ring is 1. The summed E-state index contributed by atoms with van der Waals surface area (Å²) >= 11 is 12.3. The lowest BCUT2D eigenvalue weighted by molar-refractivity contribution is 0.243. The molecule has 26 heavy (non-hydrogen) atoms. The Morgan fingerprint density at radius 1 is 1.08 bits per heavy atom. The predicted molar refractivity (Wildman–Crippen MR) is 106 cm³/mol. The predicted octanol–water partition coefficient (Wildman–Crippen LogP) is 4.59. The van der Waals surface area contributed by atoms with E-state index in [2.05, 4.69) is 9.88 Å². The monoisotopic (exact) mass is 384 g/mol. The summed E-state index contributed by atoms with van der Waals surface area (Å²) in [4.78, 5) is 11.7. The molecule has 132 valence electrons. The highest BCUT2D eigenvalue weighted by molar-refractivity contribution is 6.35. The van der Waals surface area contributed by atoms with E-state index in [9.17, 15) is 0 Å². The van der Waals surface area contributed by atoms with Gasteiger partial charge in [-0.2, -0.15) is 0 Å². The minimum Gasteiger partial charge on any atom is -0.399 e. The third kappa shape index (κ3) is 3.68. The van der Waals surface area contributed by atoms with Crippen LogP contribution in [0.1, 0.15) is 16.8 Å². The zero-order chi connectivity index (χ0) is 18.1. The standard InChI is InChI=1S/C20H18Cl2N4/c21-16-4-1-14(18(22)9-16)11-26-8-7-19-15(12-26)10-24-20(25-19)13-2-5-17(23)6-3-13/h1-6,9-10H,7-8,11-12,23H2. The van der Waals surface area contributed by atoms with Gasteiger partial charge in [0, 0.05) is 59.1 Å². The Hall–Kier alpha value is -2.14. The Kier molecular flexibility index (Phi) is 4.81. The van der Waals surface area contributed by atoms with Crippen LogP contribution in [0.25, 0.3) is 11.4 Å². The molecule has 2 N–H and O–H groups in total. The number of anilines is 1. The number of nitrogens with zero attached hydrogens (tertiary/aromatic N) is 3. The highest BCUT2D eigenvalue weighted by atomic mass is 35.5. The number of nitrogens with two attached hydrogens (primary N) is 1. The molecule has 0 fully saturated rings. The van der Waals surface area contributed by atoms with E-state index in [0.717, 1.165) is 54.4 Å². The molecule has 6 heteroatoms. The second kappa shape index (κ2) is 7.23. The largest absolute Gasteiger partial charge is 0.399 e. The lowest BCUT2D eigenvalue weighted by atomic mass is 10.1. The van der Waals surface area contributed by atoms with Crippen molar-refractivity contribution in [1.82, 2.24) is 14.9 Å². The molecule has 1 aromatic heterocycles. The Bertz CT molecular complexity index is 941. The van der Waals surface area contributed by atoms with Gasteiger partial charge in [0.05, 0.1) is 5.69 Å². The normalized spacial score (nSPS) is 14.2. The van der Waals surface area contributed by atoms with Crippen LogP contribution in [-0.2, 0) is 19.5 Å². The lowest BCUT2D eigenvalue weighted by Gasteiger charge is -2.28. The molecule has 2 heterocycles. The van der Waals surface area contributed by atoms with Gasteiger partial charge in [0.2, 0.25) is 0 Å². The van der Waals surface area contributed by atoms with Gasteiger partial charge in [0.25, 0.3) is 0 Å². The number of hydrogen-bond donors (Lipinski definition) is 1. The van der Waals surface area contributed by atoms with Crippen molar-refractivity contribution in [2.45, 2.75) is 19.5 Å². The summed E-state index contributed by atoms with van der Waals surface area (Å²) in [5.41, 5.74) is 10.8. The van der Waals surface area contributed by atoms with Gasteiger partial charge in [-0.05, 0) is 42.0 Å². The van der Waals surface area contributed by atoms with Crippen LogP contribution in [0, 0.1) is 0 Å². The molecular formula is C20H18Cl2N4. The van der Waals surface area contributed by atoms with Gasteiger partial charge in [0.15, 0.2) is 5.82 Å². The van der Waals surface area contributed by atoms with Gasteiger partial charge < -0.3 is 5.73 Å². The quantitative estimate of drug-likeness (QED) is 0.670. The molecule has 4 rings (SSSR count). The van der Waals surface area contributed by atoms with E-state index in [-0.39, 0.29) is 0 Å². The molecule has 0 saturated carbocycles. The van der Waals surface area contributed by atoms with Crippen molar-refractivity contribution >= 4 is 28.9 Å². The first-order chi connectivity index (χ1) is 12.6. The van der Waals surface area contributed by atoms with Crippen LogP contribution >= 0.6 is 23.2 Å². The summed E-state index contributed by atoms with van der Waals surface area (Å²) in [5, 5.41) is 1.37. The van der Waals surface area contributed by atoms with Crippen molar-refractivity contribution < 1.29 is 0 Å². The molecule has 1 aliphatic rings. The Labute approximate surface area is 162 Å². The SMILES string of the molecule is Nc1ccc(-c2ncc3c(n2)CCN(Cc2ccc(Cl)cc2Cl)C3)cc1. The summed E-state index contributed by atoms with van der Waals surface area (Å²) in [7, 11) is 0. The molecule has 1 aliphatic heterocycles. The van der Waals surface area contributed by atoms with Crippen molar-refractivity contribution in [1.29, 1.82) is 0 Å². The van der Waals surface area contributed by atoms with Crippen LogP contribution < -0.4 is 5.73 Å². The van der Waals surface area contributed by atoms with Gasteiger partial charge in [-0.1, -0.05) is 29.3 Å². The van der Waals surface area contributed by atoms with Crippen molar-refractivity contribution in [2.75, 3.05) is 12.3 Å². The van der Waals surface area contributed by atoms with Gasteiger partial charge >= 0.3 is 0 Å². The molecule has 0 spiro atoms. The number of fused-ring (bicyclic) bond motifs is 1. The van der Waals surface area contributed by atoms with Crippen LogP contribution in [0.15, 0.2) is 48.7 Å². The van der Waals surface area contributed by atoms with E-state index in [1.54, 1.807) is 6.07 Å². The first-order valence-electron chi connectivity index (χ1n) is 8.45. The van der Waals surface area contributed by atoms with Gasteiger partial charge in [-0.25, -0.2) is 9.97 Å². The highest BCUT2D eigenvalue weighted by Crippen LogP contribution is 2.26. The van der Waals surface area contributed by atoms with Gasteiger partial charge in [-0.3, -0.25) is 4.90 Å². The molecule has 3 aromatic rings. The fraction of sp³-hybridized carbons (Fsp3) is 0.200. The van der Waals surface area contributed by atoms with E-state index < -0.39 is 0 Å². The molecule has 2 aromatic carbocycles. The zero-order valence-electron chi connectivity index (χ0n) is 14.1. The Morgan fingerprint density at radius 3 is 2.65 bits per heavy atom. The summed E-state index contributed by atoms with van der Waals surface area (Å²) in [6.07, 6.45) is 2.83. The average molecular weight is 385 g/mol. The van der Waals surface area contributed by atoms with Gasteiger partial charge in [0.1, 0.15) is 0 Å². The number of benzene rings is 2. The van der Waals surface area contributed by atoms with E-state index in [4.69, 9.17) is 33.9 Å².